The number of halogens is 1. The Labute approximate surface area is 185 Å². The van der Waals surface area contributed by atoms with Crippen LogP contribution in [0.1, 0.15) is 11.1 Å². The molecule has 0 heterocycles. The highest BCUT2D eigenvalue weighted by Crippen LogP contribution is 2.29. The van der Waals surface area contributed by atoms with Crippen molar-refractivity contribution >= 4 is 35.6 Å². The Morgan fingerprint density at radius 2 is 1.81 bits per heavy atom. The minimum absolute atomic E-state index is 0.0752. The van der Waals surface area contributed by atoms with Crippen LogP contribution in [0.15, 0.2) is 54.1 Å². The highest BCUT2D eigenvalue weighted by atomic mass is 35.5. The zero-order chi connectivity index (χ0) is 22.6. The summed E-state index contributed by atoms with van der Waals surface area (Å²) < 4.78 is 15.5. The number of rotatable bonds is 9. The van der Waals surface area contributed by atoms with Crippen LogP contribution >= 0.6 is 11.6 Å². The van der Waals surface area contributed by atoms with Crippen LogP contribution < -0.4 is 14.8 Å². The number of hydrogen-bond donors (Lipinski definition) is 1. The molecule has 2 rings (SSSR count). The molecule has 0 saturated carbocycles. The van der Waals surface area contributed by atoms with E-state index in [1.165, 1.54) is 32.4 Å². The lowest BCUT2D eigenvalue weighted by molar-refractivity contribution is -0.129. The molecule has 7 nitrogen and oxygen atoms in total. The van der Waals surface area contributed by atoms with Gasteiger partial charge in [0, 0.05) is 24.8 Å². The third-order valence-electron chi connectivity index (χ3n) is 3.95. The number of methoxy groups -OCH3 is 2. The smallest absolute Gasteiger partial charge is 0.336 e. The summed E-state index contributed by atoms with van der Waals surface area (Å²) in [5, 5.41) is 12.4. The maximum atomic E-state index is 12.1. The number of nitrogens with zero attached hydrogens (tertiary/aromatic N) is 1. The summed E-state index contributed by atoms with van der Waals surface area (Å²) in [5.74, 6) is -0.624. The van der Waals surface area contributed by atoms with E-state index in [-0.39, 0.29) is 23.6 Å². The lowest BCUT2D eigenvalue weighted by atomic mass is 10.1. The Kier molecular flexibility index (Phi) is 9.30. The van der Waals surface area contributed by atoms with Crippen molar-refractivity contribution in [1.29, 1.82) is 5.26 Å². The van der Waals surface area contributed by atoms with Crippen molar-refractivity contribution in [2.45, 2.75) is 0 Å². The zero-order valence-electron chi connectivity index (χ0n) is 17.1. The van der Waals surface area contributed by atoms with Crippen molar-refractivity contribution in [2.75, 3.05) is 27.4 Å². The molecule has 0 saturated heterocycles. The van der Waals surface area contributed by atoms with Crippen LogP contribution in [0.2, 0.25) is 5.02 Å². The van der Waals surface area contributed by atoms with E-state index in [9.17, 15) is 14.9 Å². The average Bonchev–Trinajstić information content (AvgIpc) is 2.78. The number of benzene rings is 2. The molecule has 0 aliphatic carbocycles. The van der Waals surface area contributed by atoms with Gasteiger partial charge in [0.1, 0.15) is 11.6 Å². The monoisotopic (exact) mass is 440 g/mol. The van der Waals surface area contributed by atoms with E-state index in [1.54, 1.807) is 42.5 Å². The fraction of sp³-hybridized carbons (Fsp3) is 0.174. The quantitative estimate of drug-likeness (QED) is 0.210. The number of amides is 1. The molecule has 0 unspecified atom stereocenters. The lowest BCUT2D eigenvalue weighted by Gasteiger charge is -2.09. The Hall–Kier alpha value is -3.60. The number of esters is 1. The van der Waals surface area contributed by atoms with Gasteiger partial charge in [0.2, 0.25) is 0 Å². The van der Waals surface area contributed by atoms with E-state index in [0.29, 0.717) is 17.2 Å². The number of ether oxygens (including phenoxy) is 3. The van der Waals surface area contributed by atoms with Gasteiger partial charge in [0.25, 0.3) is 5.91 Å². The van der Waals surface area contributed by atoms with Gasteiger partial charge in [-0.25, -0.2) is 4.79 Å². The summed E-state index contributed by atoms with van der Waals surface area (Å²) in [6.07, 6.45) is 4.30. The maximum Gasteiger partial charge on any atom is 0.336 e. The molecule has 0 aliphatic heterocycles. The highest BCUT2D eigenvalue weighted by molar-refractivity contribution is 6.30. The first-order chi connectivity index (χ1) is 15.0. The SMILES string of the molecule is COCCNC(=O)/C(C#N)=C/c1ccc(OC(=O)/C=C/c2ccc(Cl)cc2)c(OC)c1. The third kappa shape index (κ3) is 7.63. The Balaban J connectivity index is 2.11. The van der Waals surface area contributed by atoms with Crippen molar-refractivity contribution in [3.63, 3.8) is 0 Å². The maximum absolute atomic E-state index is 12.1. The van der Waals surface area contributed by atoms with Gasteiger partial charge in [-0.1, -0.05) is 29.8 Å². The van der Waals surface area contributed by atoms with Crippen LogP contribution in [0, 0.1) is 11.3 Å². The molecule has 2 aromatic carbocycles. The van der Waals surface area contributed by atoms with Crippen LogP contribution in [0.25, 0.3) is 12.2 Å². The number of carbonyl (C=O) groups excluding carboxylic acids is 2. The predicted molar refractivity (Wildman–Crippen MR) is 118 cm³/mol. The molecule has 0 bridgehead atoms. The van der Waals surface area contributed by atoms with Crippen LogP contribution in [0.4, 0.5) is 0 Å². The molecule has 0 atom stereocenters. The predicted octanol–water partition coefficient (Wildman–Crippen LogP) is 3.64. The summed E-state index contributed by atoms with van der Waals surface area (Å²) in [6, 6.07) is 13.5. The van der Waals surface area contributed by atoms with Gasteiger partial charge in [-0.05, 0) is 47.5 Å². The second-order valence-corrected chi connectivity index (χ2v) is 6.57. The van der Waals surface area contributed by atoms with Gasteiger partial charge in [-0.15, -0.1) is 0 Å². The van der Waals surface area contributed by atoms with Gasteiger partial charge >= 0.3 is 5.97 Å². The molecular weight excluding hydrogens is 420 g/mol. The van der Waals surface area contributed by atoms with Crippen LogP contribution in [0.5, 0.6) is 11.5 Å². The Morgan fingerprint density at radius 3 is 2.45 bits per heavy atom. The molecule has 1 N–H and O–H groups in total. The van der Waals surface area contributed by atoms with E-state index in [2.05, 4.69) is 5.32 Å². The molecular formula is C23H21ClN2O5. The van der Waals surface area contributed by atoms with Crippen molar-refractivity contribution in [3.05, 3.63) is 70.3 Å². The Morgan fingerprint density at radius 1 is 1.10 bits per heavy atom. The largest absolute Gasteiger partial charge is 0.493 e. The number of nitrogens with one attached hydrogen (secondary N) is 1. The van der Waals surface area contributed by atoms with E-state index in [1.807, 2.05) is 6.07 Å². The zero-order valence-corrected chi connectivity index (χ0v) is 17.8. The van der Waals surface area contributed by atoms with E-state index < -0.39 is 11.9 Å². The molecule has 31 heavy (non-hydrogen) atoms. The Bertz CT molecular complexity index is 1020. The normalized spacial score (nSPS) is 11.1. The summed E-state index contributed by atoms with van der Waals surface area (Å²) in [7, 11) is 2.94. The number of hydrogen-bond acceptors (Lipinski definition) is 6. The molecule has 160 valence electrons. The molecule has 0 fully saturated rings. The first-order valence-corrected chi connectivity index (χ1v) is 9.57. The van der Waals surface area contributed by atoms with E-state index in [0.717, 1.165) is 5.56 Å². The lowest BCUT2D eigenvalue weighted by Crippen LogP contribution is -2.27. The fourth-order valence-corrected chi connectivity index (χ4v) is 2.54. The van der Waals surface area contributed by atoms with Crippen LogP contribution in [-0.2, 0) is 14.3 Å². The molecule has 0 radical (unpaired) electrons. The molecule has 1 amide bonds. The van der Waals surface area contributed by atoms with Crippen LogP contribution in [0.3, 0.4) is 0 Å². The van der Waals surface area contributed by atoms with E-state index >= 15 is 0 Å². The standard InChI is InChI=1S/C23H21ClN2O5/c1-29-12-11-26-23(28)18(15-25)13-17-5-9-20(21(14-17)30-2)31-22(27)10-6-16-3-7-19(24)8-4-16/h3-10,13-14H,11-12H2,1-2H3,(H,26,28)/b10-6+,18-13+. The van der Waals surface area contributed by atoms with Crippen molar-refractivity contribution in [1.82, 2.24) is 5.32 Å². The molecule has 8 heteroatoms. The van der Waals surface area contributed by atoms with Crippen molar-refractivity contribution < 1.29 is 23.8 Å². The topological polar surface area (TPSA) is 97.6 Å². The van der Waals surface area contributed by atoms with Gasteiger partial charge in [0.15, 0.2) is 11.5 Å². The summed E-state index contributed by atoms with van der Waals surface area (Å²) in [4.78, 5) is 24.2. The summed E-state index contributed by atoms with van der Waals surface area (Å²) in [6.45, 7) is 0.626. The first kappa shape index (κ1) is 23.7. The number of nitriles is 1. The minimum Gasteiger partial charge on any atom is -0.493 e. The van der Waals surface area contributed by atoms with Crippen molar-refractivity contribution in [3.8, 4) is 17.6 Å². The molecule has 0 spiro atoms. The average molecular weight is 441 g/mol. The highest BCUT2D eigenvalue weighted by Gasteiger charge is 2.12. The van der Waals surface area contributed by atoms with Gasteiger partial charge in [0.05, 0.1) is 13.7 Å². The fourth-order valence-electron chi connectivity index (χ4n) is 2.42. The summed E-state index contributed by atoms with van der Waals surface area (Å²) >= 11 is 5.84. The molecule has 0 aromatic heterocycles. The second-order valence-electron chi connectivity index (χ2n) is 6.13. The minimum atomic E-state index is -0.591. The van der Waals surface area contributed by atoms with E-state index in [4.69, 9.17) is 25.8 Å². The third-order valence-corrected chi connectivity index (χ3v) is 4.20. The first-order valence-electron chi connectivity index (χ1n) is 9.19. The van der Waals surface area contributed by atoms with Gasteiger partial charge < -0.3 is 19.5 Å². The van der Waals surface area contributed by atoms with Gasteiger partial charge in [-0.2, -0.15) is 5.26 Å². The number of carbonyl (C=O) groups is 2. The molecule has 0 aliphatic rings. The van der Waals surface area contributed by atoms with Crippen LogP contribution in [-0.4, -0.2) is 39.2 Å². The summed E-state index contributed by atoms with van der Waals surface area (Å²) in [5.41, 5.74) is 1.25. The van der Waals surface area contributed by atoms with Gasteiger partial charge in [-0.3, -0.25) is 4.79 Å². The van der Waals surface area contributed by atoms with Crippen molar-refractivity contribution in [2.24, 2.45) is 0 Å². The molecule has 2 aromatic rings. The second kappa shape index (κ2) is 12.2.